The normalized spacial score (nSPS) is 19.2. The Kier molecular flexibility index (Phi) is 4.83. The first kappa shape index (κ1) is 14.4. The summed E-state index contributed by atoms with van der Waals surface area (Å²) in [4.78, 5) is 15.9. The Balaban J connectivity index is 2.14. The SMILES string of the molecule is CCN(CC)C1CCN(c2ccc(Cl)cc2C=O)C1. The van der Waals surface area contributed by atoms with Gasteiger partial charge in [-0.1, -0.05) is 25.4 Å². The van der Waals surface area contributed by atoms with Crippen molar-refractivity contribution in [2.45, 2.75) is 26.3 Å². The monoisotopic (exact) mass is 280 g/mol. The highest BCUT2D eigenvalue weighted by Crippen LogP contribution is 2.27. The van der Waals surface area contributed by atoms with Gasteiger partial charge in [0.1, 0.15) is 0 Å². The van der Waals surface area contributed by atoms with Crippen molar-refractivity contribution < 1.29 is 4.79 Å². The summed E-state index contributed by atoms with van der Waals surface area (Å²) in [6.07, 6.45) is 2.05. The molecule has 3 nitrogen and oxygen atoms in total. The molecule has 1 aliphatic heterocycles. The van der Waals surface area contributed by atoms with E-state index in [-0.39, 0.29) is 0 Å². The highest BCUT2D eigenvalue weighted by Gasteiger charge is 2.27. The number of aldehydes is 1. The molecule has 0 radical (unpaired) electrons. The van der Waals surface area contributed by atoms with Crippen molar-refractivity contribution in [2.24, 2.45) is 0 Å². The van der Waals surface area contributed by atoms with E-state index in [4.69, 9.17) is 11.6 Å². The second-order valence-corrected chi connectivity index (χ2v) is 5.37. The lowest BCUT2D eigenvalue weighted by molar-refractivity contribution is 0.112. The molecule has 0 spiro atoms. The minimum atomic E-state index is 0.588. The van der Waals surface area contributed by atoms with E-state index in [9.17, 15) is 4.79 Å². The van der Waals surface area contributed by atoms with E-state index in [0.29, 0.717) is 16.6 Å². The largest absolute Gasteiger partial charge is 0.369 e. The molecule has 0 N–H and O–H groups in total. The molecule has 4 heteroatoms. The Morgan fingerprint density at radius 3 is 2.79 bits per heavy atom. The highest BCUT2D eigenvalue weighted by atomic mass is 35.5. The lowest BCUT2D eigenvalue weighted by Crippen LogP contribution is -2.37. The zero-order chi connectivity index (χ0) is 13.8. The molecule has 1 atom stereocenters. The van der Waals surface area contributed by atoms with Gasteiger partial charge in [-0.2, -0.15) is 0 Å². The highest BCUT2D eigenvalue weighted by molar-refractivity contribution is 6.31. The van der Waals surface area contributed by atoms with Gasteiger partial charge in [0.25, 0.3) is 0 Å². The Morgan fingerprint density at radius 2 is 2.16 bits per heavy atom. The molecule has 1 fully saturated rings. The molecule has 1 aromatic rings. The van der Waals surface area contributed by atoms with Crippen molar-refractivity contribution in [3.63, 3.8) is 0 Å². The third-order valence-corrected chi connectivity index (χ3v) is 4.18. The zero-order valence-corrected chi connectivity index (χ0v) is 12.4. The lowest BCUT2D eigenvalue weighted by Gasteiger charge is -2.27. The fraction of sp³-hybridized carbons (Fsp3) is 0.533. The summed E-state index contributed by atoms with van der Waals surface area (Å²) in [5.74, 6) is 0. The molecule has 19 heavy (non-hydrogen) atoms. The van der Waals surface area contributed by atoms with Gasteiger partial charge in [-0.05, 0) is 37.7 Å². The maximum Gasteiger partial charge on any atom is 0.152 e. The molecule has 1 aliphatic rings. The molecule has 1 heterocycles. The smallest absolute Gasteiger partial charge is 0.152 e. The molecule has 1 saturated heterocycles. The van der Waals surface area contributed by atoms with Crippen LogP contribution in [0.25, 0.3) is 0 Å². The van der Waals surface area contributed by atoms with E-state index in [1.54, 1.807) is 6.07 Å². The summed E-state index contributed by atoms with van der Waals surface area (Å²) in [5.41, 5.74) is 1.70. The third kappa shape index (κ3) is 3.10. The van der Waals surface area contributed by atoms with E-state index in [0.717, 1.165) is 44.6 Å². The fourth-order valence-electron chi connectivity index (χ4n) is 2.91. The van der Waals surface area contributed by atoms with Crippen LogP contribution in [0.15, 0.2) is 18.2 Å². The Hall–Kier alpha value is -1.06. The van der Waals surface area contributed by atoms with Crippen molar-refractivity contribution in [3.8, 4) is 0 Å². The molecule has 0 aromatic heterocycles. The summed E-state index contributed by atoms with van der Waals surface area (Å²) in [6, 6.07) is 6.14. The second-order valence-electron chi connectivity index (χ2n) is 4.93. The minimum absolute atomic E-state index is 0.588. The quantitative estimate of drug-likeness (QED) is 0.775. The van der Waals surface area contributed by atoms with Gasteiger partial charge in [0.05, 0.1) is 0 Å². The van der Waals surface area contributed by atoms with Gasteiger partial charge in [-0.3, -0.25) is 9.69 Å². The molecular formula is C15H21ClN2O. The van der Waals surface area contributed by atoms with Gasteiger partial charge in [0.2, 0.25) is 0 Å². The predicted molar refractivity (Wildman–Crippen MR) is 80.4 cm³/mol. The van der Waals surface area contributed by atoms with E-state index in [1.165, 1.54) is 0 Å². The van der Waals surface area contributed by atoms with Crippen LogP contribution in [0.1, 0.15) is 30.6 Å². The zero-order valence-electron chi connectivity index (χ0n) is 11.6. The van der Waals surface area contributed by atoms with Crippen LogP contribution < -0.4 is 4.90 Å². The molecule has 0 amide bonds. The van der Waals surface area contributed by atoms with Crippen LogP contribution >= 0.6 is 11.6 Å². The van der Waals surface area contributed by atoms with Gasteiger partial charge in [0, 0.05) is 35.4 Å². The maximum absolute atomic E-state index is 11.2. The van der Waals surface area contributed by atoms with Crippen LogP contribution in [0.3, 0.4) is 0 Å². The van der Waals surface area contributed by atoms with Crippen LogP contribution in [-0.2, 0) is 0 Å². The molecule has 0 aliphatic carbocycles. The molecular weight excluding hydrogens is 260 g/mol. The van der Waals surface area contributed by atoms with Gasteiger partial charge in [0.15, 0.2) is 6.29 Å². The van der Waals surface area contributed by atoms with Crippen molar-refractivity contribution in [3.05, 3.63) is 28.8 Å². The first-order valence-corrected chi connectivity index (χ1v) is 7.31. The molecule has 2 rings (SSSR count). The minimum Gasteiger partial charge on any atom is -0.369 e. The van der Waals surface area contributed by atoms with Crippen LogP contribution in [0.4, 0.5) is 5.69 Å². The average molecular weight is 281 g/mol. The van der Waals surface area contributed by atoms with Crippen LogP contribution in [0.2, 0.25) is 5.02 Å². The second kappa shape index (κ2) is 6.40. The van der Waals surface area contributed by atoms with Gasteiger partial charge in [-0.15, -0.1) is 0 Å². The van der Waals surface area contributed by atoms with Gasteiger partial charge < -0.3 is 4.90 Å². The van der Waals surface area contributed by atoms with Crippen molar-refractivity contribution in [2.75, 3.05) is 31.1 Å². The maximum atomic E-state index is 11.2. The standard InChI is InChI=1S/C15H21ClN2O/c1-3-17(4-2)14-7-8-18(10-14)15-6-5-13(16)9-12(15)11-19/h5-6,9,11,14H,3-4,7-8,10H2,1-2H3. The molecule has 0 bridgehead atoms. The molecule has 0 saturated carbocycles. The first-order chi connectivity index (χ1) is 9.19. The molecule has 104 valence electrons. The predicted octanol–water partition coefficient (Wildman–Crippen LogP) is 3.07. The van der Waals surface area contributed by atoms with Crippen molar-refractivity contribution in [1.82, 2.24) is 4.90 Å². The summed E-state index contributed by atoms with van der Waals surface area (Å²) >= 11 is 5.94. The Labute approximate surface area is 120 Å². The van der Waals surface area contributed by atoms with E-state index in [1.807, 2.05) is 12.1 Å². The van der Waals surface area contributed by atoms with E-state index >= 15 is 0 Å². The summed E-state index contributed by atoms with van der Waals surface area (Å²) in [7, 11) is 0. The summed E-state index contributed by atoms with van der Waals surface area (Å²) in [6.45, 7) is 8.55. The number of carbonyl (C=O) groups is 1. The molecule has 1 aromatic carbocycles. The number of halogens is 1. The average Bonchev–Trinajstić information content (AvgIpc) is 2.89. The van der Waals surface area contributed by atoms with Crippen LogP contribution in [0.5, 0.6) is 0 Å². The van der Waals surface area contributed by atoms with Gasteiger partial charge in [-0.25, -0.2) is 0 Å². The number of carbonyl (C=O) groups excluding carboxylic acids is 1. The Morgan fingerprint density at radius 1 is 1.42 bits per heavy atom. The number of rotatable bonds is 5. The number of likely N-dealkylation sites (N-methyl/N-ethyl adjacent to an activating group) is 1. The third-order valence-electron chi connectivity index (χ3n) is 3.95. The van der Waals surface area contributed by atoms with Crippen LogP contribution in [0, 0.1) is 0 Å². The van der Waals surface area contributed by atoms with Crippen molar-refractivity contribution in [1.29, 1.82) is 0 Å². The fourth-order valence-corrected chi connectivity index (χ4v) is 3.09. The van der Waals surface area contributed by atoms with E-state index in [2.05, 4.69) is 23.6 Å². The molecule has 1 unspecified atom stereocenters. The summed E-state index contributed by atoms with van der Waals surface area (Å²) in [5, 5.41) is 0.616. The Bertz CT molecular complexity index is 446. The van der Waals surface area contributed by atoms with E-state index < -0.39 is 0 Å². The number of benzene rings is 1. The van der Waals surface area contributed by atoms with Crippen molar-refractivity contribution >= 4 is 23.6 Å². The number of hydrogen-bond acceptors (Lipinski definition) is 3. The number of hydrogen-bond donors (Lipinski definition) is 0. The van der Waals surface area contributed by atoms with Gasteiger partial charge >= 0.3 is 0 Å². The lowest BCUT2D eigenvalue weighted by atomic mass is 10.2. The number of nitrogens with zero attached hydrogens (tertiary/aromatic N) is 2. The number of anilines is 1. The van der Waals surface area contributed by atoms with Crippen LogP contribution in [-0.4, -0.2) is 43.4 Å². The summed E-state index contributed by atoms with van der Waals surface area (Å²) < 4.78 is 0. The topological polar surface area (TPSA) is 23.6 Å². The first-order valence-electron chi connectivity index (χ1n) is 6.93.